The zero-order chi connectivity index (χ0) is 6.78. The van der Waals surface area contributed by atoms with E-state index in [9.17, 15) is 4.79 Å². The summed E-state index contributed by atoms with van der Waals surface area (Å²) in [4.78, 5) is 10.2. The summed E-state index contributed by atoms with van der Waals surface area (Å²) in [5.41, 5.74) is 0. The molecule has 1 atom stereocenters. The van der Waals surface area contributed by atoms with E-state index in [0.29, 0.717) is 6.42 Å². The number of halogens is 2. The van der Waals surface area contributed by atoms with Crippen molar-refractivity contribution in [1.29, 1.82) is 0 Å². The van der Waals surface area contributed by atoms with Crippen molar-refractivity contribution < 1.29 is 54.2 Å². The van der Waals surface area contributed by atoms with Crippen LogP contribution in [-0.4, -0.2) is 15.8 Å². The quantitative estimate of drug-likeness (QED) is 0.390. The van der Waals surface area contributed by atoms with E-state index in [1.54, 1.807) is 13.8 Å². The van der Waals surface area contributed by atoms with Crippen LogP contribution in [0.5, 0.6) is 0 Å². The largest absolute Gasteiger partial charge is 2.00 e. The van der Waals surface area contributed by atoms with E-state index in [4.69, 9.17) is 5.11 Å². The van der Waals surface area contributed by atoms with Crippen molar-refractivity contribution in [3.05, 3.63) is 0 Å². The second kappa shape index (κ2) is 9.11. The number of carbonyl (C=O) groups is 1. The third-order valence-electron chi connectivity index (χ3n) is 1.15. The van der Waals surface area contributed by atoms with E-state index < -0.39 is 10.7 Å². The molecule has 0 radical (unpaired) electrons. The van der Waals surface area contributed by atoms with E-state index >= 15 is 0 Å². The molecule has 2 nitrogen and oxygen atoms in total. The molecule has 0 aliphatic carbocycles. The molecule has 1 N–H and O–H groups in total. The molecule has 0 aromatic rings. The van der Waals surface area contributed by atoms with Gasteiger partial charge in [-0.25, -0.2) is 0 Å². The number of hydrogen-bond donors (Lipinski definition) is 2. The van der Waals surface area contributed by atoms with Crippen molar-refractivity contribution >= 4 is 18.6 Å². The van der Waals surface area contributed by atoms with Crippen LogP contribution < -0.4 is 24.8 Å². The zero-order valence-corrected chi connectivity index (χ0v) is 11.8. The number of carboxylic acid groups (broad SMARTS) is 1. The predicted octanol–water partition coefficient (Wildman–Crippen LogP) is -4.82. The molecule has 64 valence electrons. The van der Waals surface area contributed by atoms with Gasteiger partial charge in [0.1, 0.15) is 4.75 Å². The first kappa shape index (κ1) is 22.7. The molecule has 0 aliphatic heterocycles. The summed E-state index contributed by atoms with van der Waals surface area (Å²) in [6.45, 7) is 3.37. The van der Waals surface area contributed by atoms with Gasteiger partial charge in [-0.1, -0.05) is 6.92 Å². The number of thiol groups is 1. The van der Waals surface area contributed by atoms with Gasteiger partial charge in [-0.05, 0) is 13.3 Å². The second-order valence-electron chi connectivity index (χ2n) is 1.93. The Morgan fingerprint density at radius 1 is 1.55 bits per heavy atom. The average Bonchev–Trinajstić information content (AvgIpc) is 1.67. The van der Waals surface area contributed by atoms with Gasteiger partial charge in [-0.3, -0.25) is 4.79 Å². The van der Waals surface area contributed by atoms with E-state index in [1.807, 2.05) is 0 Å². The maximum Gasteiger partial charge on any atom is 2.00 e. The Morgan fingerprint density at radius 3 is 1.82 bits per heavy atom. The first-order chi connectivity index (χ1) is 3.50. The van der Waals surface area contributed by atoms with Crippen LogP contribution in [-0.2, 0) is 24.3 Å². The van der Waals surface area contributed by atoms with E-state index in [0.717, 1.165) is 0 Å². The van der Waals surface area contributed by atoms with Gasteiger partial charge >= 0.3 is 25.4 Å². The predicted molar refractivity (Wildman–Crippen MR) is 35.3 cm³/mol. The minimum absolute atomic E-state index is 0. The molecule has 0 spiro atoms. The molecule has 0 saturated heterocycles. The van der Waals surface area contributed by atoms with Gasteiger partial charge in [0.05, 0.1) is 0 Å². The molecule has 0 aromatic carbocycles. The molecule has 6 heteroatoms. The van der Waals surface area contributed by atoms with Gasteiger partial charge in [-0.15, -0.1) is 0 Å². The van der Waals surface area contributed by atoms with Crippen molar-refractivity contribution in [3.8, 4) is 0 Å². The van der Waals surface area contributed by atoms with Gasteiger partial charge in [0.15, 0.2) is 0 Å². The van der Waals surface area contributed by atoms with Crippen molar-refractivity contribution in [3.63, 3.8) is 0 Å². The van der Waals surface area contributed by atoms with E-state index in [1.165, 1.54) is 0 Å². The maximum absolute atomic E-state index is 10.2. The van der Waals surface area contributed by atoms with Crippen molar-refractivity contribution in [2.45, 2.75) is 25.0 Å². The Labute approximate surface area is 97.5 Å². The van der Waals surface area contributed by atoms with E-state index in [2.05, 4.69) is 12.6 Å². The summed E-state index contributed by atoms with van der Waals surface area (Å²) in [5.74, 6) is -0.858. The summed E-state index contributed by atoms with van der Waals surface area (Å²) in [5, 5.41) is 8.36. The summed E-state index contributed by atoms with van der Waals surface area (Å²) in [6, 6.07) is 0. The molecule has 11 heavy (non-hydrogen) atoms. The van der Waals surface area contributed by atoms with Crippen LogP contribution in [0.25, 0.3) is 0 Å². The molecule has 0 amide bonds. The smallest absolute Gasteiger partial charge is 1.00 e. The topological polar surface area (TPSA) is 37.3 Å². The first-order valence-corrected chi connectivity index (χ1v) is 2.91. The van der Waals surface area contributed by atoms with Gasteiger partial charge in [0.25, 0.3) is 0 Å². The van der Waals surface area contributed by atoms with Crippen LogP contribution in [0.15, 0.2) is 0 Å². The Morgan fingerprint density at radius 2 is 1.82 bits per heavy atom. The summed E-state index contributed by atoms with van der Waals surface area (Å²) in [7, 11) is 0. The van der Waals surface area contributed by atoms with Crippen LogP contribution in [0.2, 0.25) is 0 Å². The molecule has 0 aliphatic rings. The third-order valence-corrected chi connectivity index (χ3v) is 1.66. The SMILES string of the molecule is CCC(C)(S)C(=O)O.[Cl-].[Cl-].[Zn+2]. The van der Waals surface area contributed by atoms with Crippen LogP contribution in [0.1, 0.15) is 20.3 Å². The summed E-state index contributed by atoms with van der Waals surface area (Å²) < 4.78 is -0.847. The Bertz CT molecular complexity index is 111. The van der Waals surface area contributed by atoms with Crippen LogP contribution in [0, 0.1) is 0 Å². The number of aliphatic carboxylic acids is 1. The Balaban J connectivity index is -0.0000000817. The van der Waals surface area contributed by atoms with Crippen LogP contribution >= 0.6 is 12.6 Å². The molecule has 1 unspecified atom stereocenters. The molecular formula is C5H10Cl2O2SZn. The van der Waals surface area contributed by atoms with Gasteiger partial charge in [0.2, 0.25) is 0 Å². The normalized spacial score (nSPS) is 12.6. The minimum Gasteiger partial charge on any atom is -1.00 e. The molecule has 0 rings (SSSR count). The van der Waals surface area contributed by atoms with Gasteiger partial charge in [-0.2, -0.15) is 12.6 Å². The second-order valence-corrected chi connectivity index (χ2v) is 2.92. The van der Waals surface area contributed by atoms with E-state index in [-0.39, 0.29) is 44.3 Å². The molecular weight excluding hydrogens is 260 g/mol. The molecule has 0 heterocycles. The minimum atomic E-state index is -0.858. The number of carboxylic acids is 1. The monoisotopic (exact) mass is 268 g/mol. The Kier molecular flexibility index (Phi) is 18.8. The zero-order valence-electron chi connectivity index (χ0n) is 6.47. The number of rotatable bonds is 2. The average molecular weight is 270 g/mol. The van der Waals surface area contributed by atoms with Crippen molar-refractivity contribution in [2.75, 3.05) is 0 Å². The van der Waals surface area contributed by atoms with Crippen LogP contribution in [0.4, 0.5) is 0 Å². The fraction of sp³-hybridized carbons (Fsp3) is 0.800. The molecule has 0 bridgehead atoms. The van der Waals surface area contributed by atoms with Crippen LogP contribution in [0.3, 0.4) is 0 Å². The third kappa shape index (κ3) is 8.93. The van der Waals surface area contributed by atoms with Gasteiger partial charge < -0.3 is 29.9 Å². The standard InChI is InChI=1S/C5H10O2S.2ClH.Zn/c1-3-5(2,8)4(6)7;;;/h8H,3H2,1-2H3,(H,6,7);2*1H;/q;;;+2/p-2. The molecule has 0 aromatic heterocycles. The van der Waals surface area contributed by atoms with Crippen molar-refractivity contribution in [2.24, 2.45) is 0 Å². The number of hydrogen-bond acceptors (Lipinski definition) is 2. The first-order valence-electron chi connectivity index (χ1n) is 2.46. The van der Waals surface area contributed by atoms with Gasteiger partial charge in [0, 0.05) is 0 Å². The Hall–Kier alpha value is 1.02. The molecule has 0 fully saturated rings. The van der Waals surface area contributed by atoms with Crippen molar-refractivity contribution in [1.82, 2.24) is 0 Å². The summed E-state index contributed by atoms with van der Waals surface area (Å²) in [6.07, 6.45) is 0.547. The molecule has 0 saturated carbocycles. The fourth-order valence-electron chi connectivity index (χ4n) is 0.151. The maximum atomic E-state index is 10.2. The summed E-state index contributed by atoms with van der Waals surface area (Å²) >= 11 is 3.88. The fourth-order valence-corrected chi connectivity index (χ4v) is 0.151.